The molecule has 21 heavy (non-hydrogen) atoms. The minimum Gasteiger partial charge on any atom is -0.487 e. The third-order valence-electron chi connectivity index (χ3n) is 5.35. The van der Waals surface area contributed by atoms with Crippen LogP contribution in [0.15, 0.2) is 18.2 Å². The van der Waals surface area contributed by atoms with Crippen LogP contribution in [0.3, 0.4) is 0 Å². The Balaban J connectivity index is 1.80. The summed E-state index contributed by atoms with van der Waals surface area (Å²) in [6, 6.07) is 4.58. The van der Waals surface area contributed by atoms with Crippen LogP contribution in [-0.2, 0) is 0 Å². The zero-order valence-electron chi connectivity index (χ0n) is 12.5. The average Bonchev–Trinajstić information content (AvgIpc) is 2.75. The number of halogens is 2. The van der Waals surface area contributed by atoms with Gasteiger partial charge in [-0.1, -0.05) is 31.7 Å². The fraction of sp³-hybridized carbons (Fsp3) is 0.647. The number of nitrogens with one attached hydrogen (secondary N) is 1. The standard InChI is InChI=1S/C17H23F2NO/c1-20-14-11-15(17(14)9-4-2-3-5-10-17)21-13-8-6-7-12(18)16(13)19/h6-8,14-15,20H,2-5,9-11H2,1H3. The molecule has 3 rings (SSSR count). The normalized spacial score (nSPS) is 28.0. The van der Waals surface area contributed by atoms with Crippen LogP contribution in [-0.4, -0.2) is 19.2 Å². The van der Waals surface area contributed by atoms with Gasteiger partial charge in [-0.15, -0.1) is 0 Å². The summed E-state index contributed by atoms with van der Waals surface area (Å²) in [5, 5.41) is 3.38. The van der Waals surface area contributed by atoms with E-state index in [0.29, 0.717) is 6.04 Å². The van der Waals surface area contributed by atoms with E-state index in [9.17, 15) is 8.78 Å². The molecule has 2 atom stereocenters. The van der Waals surface area contributed by atoms with Crippen LogP contribution in [0.4, 0.5) is 8.78 Å². The first kappa shape index (κ1) is 14.8. The first-order valence-corrected chi connectivity index (χ1v) is 7.95. The summed E-state index contributed by atoms with van der Waals surface area (Å²) in [7, 11) is 1.98. The molecular weight excluding hydrogens is 272 g/mol. The molecule has 2 nitrogen and oxygen atoms in total. The van der Waals surface area contributed by atoms with Crippen LogP contribution in [0.5, 0.6) is 5.75 Å². The Bertz CT molecular complexity index is 498. The molecule has 2 aliphatic rings. The number of benzene rings is 1. The molecule has 1 spiro atoms. The summed E-state index contributed by atoms with van der Waals surface area (Å²) in [4.78, 5) is 0. The molecule has 0 bridgehead atoms. The van der Waals surface area contributed by atoms with E-state index >= 15 is 0 Å². The van der Waals surface area contributed by atoms with Crippen molar-refractivity contribution in [2.24, 2.45) is 5.41 Å². The second-order valence-corrected chi connectivity index (χ2v) is 6.38. The molecule has 0 aliphatic heterocycles. The molecule has 4 heteroatoms. The topological polar surface area (TPSA) is 21.3 Å². The van der Waals surface area contributed by atoms with Crippen LogP contribution in [0.2, 0.25) is 0 Å². The Morgan fingerprint density at radius 3 is 2.52 bits per heavy atom. The lowest BCUT2D eigenvalue weighted by Crippen LogP contribution is -2.64. The van der Waals surface area contributed by atoms with Gasteiger partial charge in [0.05, 0.1) is 0 Å². The van der Waals surface area contributed by atoms with Crippen molar-refractivity contribution in [1.82, 2.24) is 5.32 Å². The molecule has 0 amide bonds. The molecule has 1 N–H and O–H groups in total. The van der Waals surface area contributed by atoms with Gasteiger partial charge < -0.3 is 10.1 Å². The van der Waals surface area contributed by atoms with Crippen molar-refractivity contribution >= 4 is 0 Å². The molecule has 2 fully saturated rings. The van der Waals surface area contributed by atoms with Crippen LogP contribution < -0.4 is 10.1 Å². The minimum absolute atomic E-state index is 0.00986. The van der Waals surface area contributed by atoms with Gasteiger partial charge in [-0.05, 0) is 32.0 Å². The molecule has 0 radical (unpaired) electrons. The van der Waals surface area contributed by atoms with E-state index in [1.54, 1.807) is 0 Å². The molecule has 2 unspecified atom stereocenters. The van der Waals surface area contributed by atoms with Gasteiger partial charge >= 0.3 is 0 Å². The minimum atomic E-state index is -0.867. The largest absolute Gasteiger partial charge is 0.487 e. The second kappa shape index (κ2) is 5.91. The van der Waals surface area contributed by atoms with E-state index in [0.717, 1.165) is 25.3 Å². The highest BCUT2D eigenvalue weighted by atomic mass is 19.2. The van der Waals surface area contributed by atoms with Gasteiger partial charge in [-0.25, -0.2) is 4.39 Å². The van der Waals surface area contributed by atoms with Crippen molar-refractivity contribution in [2.75, 3.05) is 7.05 Å². The maximum Gasteiger partial charge on any atom is 0.200 e. The Kier molecular flexibility index (Phi) is 4.16. The van der Waals surface area contributed by atoms with E-state index in [4.69, 9.17) is 4.74 Å². The summed E-state index contributed by atoms with van der Waals surface area (Å²) in [6.45, 7) is 0. The molecule has 2 aliphatic carbocycles. The lowest BCUT2D eigenvalue weighted by atomic mass is 9.58. The van der Waals surface area contributed by atoms with Crippen LogP contribution in [0, 0.1) is 17.0 Å². The van der Waals surface area contributed by atoms with Gasteiger partial charge in [-0.2, -0.15) is 4.39 Å². The summed E-state index contributed by atoms with van der Waals surface area (Å²) in [5.41, 5.74) is 0.0873. The summed E-state index contributed by atoms with van der Waals surface area (Å²) >= 11 is 0. The number of hydrogen-bond acceptors (Lipinski definition) is 2. The molecule has 0 saturated heterocycles. The van der Waals surface area contributed by atoms with Gasteiger partial charge in [0, 0.05) is 17.9 Å². The molecule has 1 aromatic rings. The Morgan fingerprint density at radius 1 is 1.14 bits per heavy atom. The molecule has 1 aromatic carbocycles. The molecule has 0 heterocycles. The highest BCUT2D eigenvalue weighted by Crippen LogP contribution is 2.52. The third-order valence-corrected chi connectivity index (χ3v) is 5.35. The van der Waals surface area contributed by atoms with Crippen molar-refractivity contribution < 1.29 is 13.5 Å². The van der Waals surface area contributed by atoms with E-state index in [2.05, 4.69) is 5.32 Å². The highest BCUT2D eigenvalue weighted by Gasteiger charge is 2.55. The Labute approximate surface area is 124 Å². The lowest BCUT2D eigenvalue weighted by Gasteiger charge is -2.55. The van der Waals surface area contributed by atoms with Crippen molar-refractivity contribution in [1.29, 1.82) is 0 Å². The third kappa shape index (κ3) is 2.54. The maximum absolute atomic E-state index is 13.8. The van der Waals surface area contributed by atoms with Crippen molar-refractivity contribution in [2.45, 2.75) is 57.1 Å². The summed E-state index contributed by atoms with van der Waals surface area (Å²) in [5.74, 6) is -1.65. The number of hydrogen-bond donors (Lipinski definition) is 1. The molecule has 2 saturated carbocycles. The summed E-state index contributed by atoms with van der Waals surface area (Å²) in [6.07, 6.45) is 8.00. The Hall–Kier alpha value is -1.16. The number of ether oxygens (including phenoxy) is 1. The SMILES string of the molecule is CNC1CC(Oc2cccc(F)c2F)C12CCCCCC2. The average molecular weight is 295 g/mol. The maximum atomic E-state index is 13.8. The van der Waals surface area contributed by atoms with Gasteiger partial charge in [0.15, 0.2) is 11.6 Å². The van der Waals surface area contributed by atoms with E-state index in [-0.39, 0.29) is 17.3 Å². The predicted octanol–water partition coefficient (Wildman–Crippen LogP) is 4.04. The zero-order chi connectivity index (χ0) is 14.9. The van der Waals surface area contributed by atoms with Gasteiger partial charge in [0.1, 0.15) is 6.10 Å². The van der Waals surface area contributed by atoms with Gasteiger partial charge in [0.25, 0.3) is 0 Å². The monoisotopic (exact) mass is 295 g/mol. The number of rotatable bonds is 3. The quantitative estimate of drug-likeness (QED) is 0.908. The first-order chi connectivity index (χ1) is 10.2. The smallest absolute Gasteiger partial charge is 0.200 e. The lowest BCUT2D eigenvalue weighted by molar-refractivity contribution is -0.0897. The van der Waals surface area contributed by atoms with Crippen LogP contribution in [0.1, 0.15) is 44.9 Å². The van der Waals surface area contributed by atoms with Crippen molar-refractivity contribution in [3.8, 4) is 5.75 Å². The molecule has 0 aromatic heterocycles. The van der Waals surface area contributed by atoms with Crippen molar-refractivity contribution in [3.63, 3.8) is 0 Å². The molecule has 116 valence electrons. The fourth-order valence-electron chi connectivity index (χ4n) is 4.10. The first-order valence-electron chi connectivity index (χ1n) is 7.95. The second-order valence-electron chi connectivity index (χ2n) is 6.38. The predicted molar refractivity (Wildman–Crippen MR) is 78.4 cm³/mol. The van der Waals surface area contributed by atoms with Crippen LogP contribution in [0.25, 0.3) is 0 Å². The highest BCUT2D eigenvalue weighted by molar-refractivity contribution is 5.26. The fourth-order valence-corrected chi connectivity index (χ4v) is 4.10. The van der Waals surface area contributed by atoms with Gasteiger partial charge in [-0.3, -0.25) is 0 Å². The zero-order valence-corrected chi connectivity index (χ0v) is 12.5. The van der Waals surface area contributed by atoms with E-state index < -0.39 is 11.6 Å². The molecular formula is C17H23F2NO. The van der Waals surface area contributed by atoms with Crippen LogP contribution >= 0.6 is 0 Å². The van der Waals surface area contributed by atoms with Crippen molar-refractivity contribution in [3.05, 3.63) is 29.8 Å². The summed E-state index contributed by atoms with van der Waals surface area (Å²) < 4.78 is 33.0. The Morgan fingerprint density at radius 2 is 1.86 bits per heavy atom. The van der Waals surface area contributed by atoms with Gasteiger partial charge in [0.2, 0.25) is 5.82 Å². The van der Waals surface area contributed by atoms with E-state index in [1.807, 2.05) is 7.05 Å². The van der Waals surface area contributed by atoms with E-state index in [1.165, 1.54) is 37.8 Å².